The number of nitrogens with zero attached hydrogens (tertiary/aromatic N) is 5. The number of hydrogen-bond acceptors (Lipinski definition) is 6. The van der Waals surface area contributed by atoms with Crippen LogP contribution in [0.25, 0.3) is 10.9 Å². The molecule has 2 fully saturated rings. The standard InChI is InChI=1S/C24H27F3N6/c1-14(17-6-3-7-18(22(17)25)23(26)27)29-24-19-11-21(28-12-20(19)30-15(2)31-24)33-10-9-32-8-4-5-16(32)13-33/h3,6-7,11-12,14,16,23H,4-5,8-10,13H2,1-2H3,(H,29,30,31)/t14?,16-/m0/s1. The highest BCUT2D eigenvalue weighted by molar-refractivity contribution is 5.90. The maximum Gasteiger partial charge on any atom is 0.266 e. The lowest BCUT2D eigenvalue weighted by molar-refractivity contribution is 0.146. The first-order chi connectivity index (χ1) is 15.9. The number of pyridine rings is 1. The summed E-state index contributed by atoms with van der Waals surface area (Å²) in [7, 11) is 0. The number of piperazine rings is 1. The van der Waals surface area contributed by atoms with E-state index in [-0.39, 0.29) is 5.56 Å². The van der Waals surface area contributed by atoms with Crippen LogP contribution >= 0.6 is 0 Å². The molecule has 0 saturated carbocycles. The zero-order valence-corrected chi connectivity index (χ0v) is 18.7. The molecule has 0 radical (unpaired) electrons. The molecule has 0 aliphatic carbocycles. The summed E-state index contributed by atoms with van der Waals surface area (Å²) in [5.74, 6) is 1.06. The van der Waals surface area contributed by atoms with Gasteiger partial charge >= 0.3 is 0 Å². The van der Waals surface area contributed by atoms with Gasteiger partial charge in [0.1, 0.15) is 23.3 Å². The Labute approximate surface area is 190 Å². The summed E-state index contributed by atoms with van der Waals surface area (Å²) >= 11 is 0. The Morgan fingerprint density at radius 3 is 2.76 bits per heavy atom. The molecule has 2 aromatic heterocycles. The number of hydrogen-bond donors (Lipinski definition) is 1. The van der Waals surface area contributed by atoms with Crippen LogP contribution in [0, 0.1) is 12.7 Å². The highest BCUT2D eigenvalue weighted by Gasteiger charge is 2.31. The fourth-order valence-corrected chi connectivity index (χ4v) is 4.97. The van der Waals surface area contributed by atoms with E-state index in [4.69, 9.17) is 0 Å². The second kappa shape index (κ2) is 8.78. The molecule has 33 heavy (non-hydrogen) atoms. The number of anilines is 2. The van der Waals surface area contributed by atoms with Crippen molar-refractivity contribution in [3.63, 3.8) is 0 Å². The first kappa shape index (κ1) is 21.9. The molecule has 2 saturated heterocycles. The van der Waals surface area contributed by atoms with Crippen LogP contribution in [0.15, 0.2) is 30.5 Å². The van der Waals surface area contributed by atoms with Crippen LogP contribution in [0.5, 0.6) is 0 Å². The number of nitrogens with one attached hydrogen (secondary N) is 1. The topological polar surface area (TPSA) is 57.2 Å². The number of aryl methyl sites for hydroxylation is 1. The van der Waals surface area contributed by atoms with Crippen LogP contribution in [0.1, 0.15) is 49.2 Å². The van der Waals surface area contributed by atoms with Gasteiger partial charge in [0.25, 0.3) is 6.43 Å². The van der Waals surface area contributed by atoms with Crippen LogP contribution < -0.4 is 10.2 Å². The van der Waals surface area contributed by atoms with Crippen LogP contribution in [0.2, 0.25) is 0 Å². The molecule has 4 heterocycles. The zero-order chi connectivity index (χ0) is 23.1. The van der Waals surface area contributed by atoms with E-state index in [1.54, 1.807) is 20.0 Å². The Morgan fingerprint density at radius 1 is 1.12 bits per heavy atom. The van der Waals surface area contributed by atoms with Gasteiger partial charge in [0.15, 0.2) is 0 Å². The van der Waals surface area contributed by atoms with E-state index < -0.39 is 23.8 Å². The molecule has 9 heteroatoms. The summed E-state index contributed by atoms with van der Waals surface area (Å²) in [6.07, 6.45) is 1.33. The summed E-state index contributed by atoms with van der Waals surface area (Å²) in [4.78, 5) is 18.5. The molecule has 1 N–H and O–H groups in total. The van der Waals surface area contributed by atoms with E-state index in [0.29, 0.717) is 23.2 Å². The largest absolute Gasteiger partial charge is 0.363 e. The number of alkyl halides is 2. The minimum absolute atomic E-state index is 0.170. The predicted octanol–water partition coefficient (Wildman–Crippen LogP) is 4.87. The van der Waals surface area contributed by atoms with Gasteiger partial charge in [-0.05, 0) is 39.3 Å². The fourth-order valence-electron chi connectivity index (χ4n) is 4.97. The highest BCUT2D eigenvalue weighted by Crippen LogP contribution is 2.32. The Hall–Kier alpha value is -2.94. The molecule has 1 unspecified atom stereocenters. The number of fused-ring (bicyclic) bond motifs is 2. The molecule has 0 amide bonds. The van der Waals surface area contributed by atoms with E-state index in [9.17, 15) is 13.2 Å². The summed E-state index contributed by atoms with van der Waals surface area (Å²) in [5.41, 5.74) is 0.258. The number of halogens is 3. The smallest absolute Gasteiger partial charge is 0.266 e. The molecular weight excluding hydrogens is 429 g/mol. The van der Waals surface area contributed by atoms with Gasteiger partial charge in [-0.15, -0.1) is 0 Å². The molecule has 1 aromatic carbocycles. The summed E-state index contributed by atoms with van der Waals surface area (Å²) in [5, 5.41) is 4.00. The Kier molecular flexibility index (Phi) is 5.82. The molecule has 3 aromatic rings. The number of rotatable bonds is 5. The van der Waals surface area contributed by atoms with Crippen molar-refractivity contribution in [2.75, 3.05) is 36.4 Å². The Morgan fingerprint density at radius 2 is 1.94 bits per heavy atom. The van der Waals surface area contributed by atoms with Crippen molar-refractivity contribution < 1.29 is 13.2 Å². The van der Waals surface area contributed by atoms with Gasteiger partial charge < -0.3 is 10.2 Å². The fraction of sp³-hybridized carbons (Fsp3) is 0.458. The van der Waals surface area contributed by atoms with E-state index in [2.05, 4.69) is 30.1 Å². The molecule has 0 bridgehead atoms. The predicted molar refractivity (Wildman–Crippen MR) is 122 cm³/mol. The molecule has 174 valence electrons. The van der Waals surface area contributed by atoms with Gasteiger partial charge in [-0.2, -0.15) is 0 Å². The number of benzene rings is 1. The van der Waals surface area contributed by atoms with Crippen molar-refractivity contribution in [1.82, 2.24) is 19.9 Å². The van der Waals surface area contributed by atoms with E-state index in [1.165, 1.54) is 31.5 Å². The minimum atomic E-state index is -2.87. The SMILES string of the molecule is Cc1nc(NC(C)c2cccc(C(F)F)c2F)c2cc(N3CCN4CCC[C@H]4C3)ncc2n1. The maximum absolute atomic E-state index is 14.7. The highest BCUT2D eigenvalue weighted by atomic mass is 19.3. The van der Waals surface area contributed by atoms with Crippen LogP contribution in [-0.4, -0.2) is 52.1 Å². The van der Waals surface area contributed by atoms with Crippen molar-refractivity contribution in [3.05, 3.63) is 53.2 Å². The summed E-state index contributed by atoms with van der Waals surface area (Å²) in [6, 6.07) is 6.05. The Balaban J connectivity index is 1.46. The van der Waals surface area contributed by atoms with Gasteiger partial charge in [0.2, 0.25) is 0 Å². The van der Waals surface area contributed by atoms with Crippen molar-refractivity contribution in [3.8, 4) is 0 Å². The van der Waals surface area contributed by atoms with Crippen LogP contribution in [0.3, 0.4) is 0 Å². The Bertz CT molecular complexity index is 1170. The third-order valence-electron chi connectivity index (χ3n) is 6.70. The van der Waals surface area contributed by atoms with Gasteiger partial charge in [-0.25, -0.2) is 28.1 Å². The van der Waals surface area contributed by atoms with Crippen molar-refractivity contribution >= 4 is 22.5 Å². The number of aromatic nitrogens is 3. The first-order valence-electron chi connectivity index (χ1n) is 11.4. The lowest BCUT2D eigenvalue weighted by atomic mass is 10.0. The molecule has 5 rings (SSSR count). The summed E-state index contributed by atoms with van der Waals surface area (Å²) < 4.78 is 41.0. The van der Waals surface area contributed by atoms with Crippen molar-refractivity contribution in [1.29, 1.82) is 0 Å². The third kappa shape index (κ3) is 4.21. The normalized spacial score (nSPS) is 19.8. The molecule has 0 spiro atoms. The van der Waals surface area contributed by atoms with E-state index in [0.717, 1.165) is 36.9 Å². The molecule has 2 aliphatic heterocycles. The molecule has 6 nitrogen and oxygen atoms in total. The monoisotopic (exact) mass is 456 g/mol. The zero-order valence-electron chi connectivity index (χ0n) is 18.7. The van der Waals surface area contributed by atoms with Gasteiger partial charge in [-0.3, -0.25) is 4.90 Å². The third-order valence-corrected chi connectivity index (χ3v) is 6.70. The minimum Gasteiger partial charge on any atom is -0.363 e. The van der Waals surface area contributed by atoms with E-state index >= 15 is 0 Å². The van der Waals surface area contributed by atoms with Gasteiger partial charge in [0, 0.05) is 36.6 Å². The van der Waals surface area contributed by atoms with Gasteiger partial charge in [0.05, 0.1) is 23.3 Å². The van der Waals surface area contributed by atoms with E-state index in [1.807, 2.05) is 6.07 Å². The van der Waals surface area contributed by atoms with Crippen molar-refractivity contribution in [2.45, 2.75) is 45.2 Å². The van der Waals surface area contributed by atoms with Crippen LogP contribution in [-0.2, 0) is 0 Å². The first-order valence-corrected chi connectivity index (χ1v) is 11.4. The molecule has 2 atom stereocenters. The summed E-state index contributed by atoms with van der Waals surface area (Å²) in [6.45, 7) is 7.56. The average Bonchev–Trinajstić information content (AvgIpc) is 3.26. The average molecular weight is 457 g/mol. The van der Waals surface area contributed by atoms with Crippen LogP contribution in [0.4, 0.5) is 24.8 Å². The lowest BCUT2D eigenvalue weighted by Crippen LogP contribution is -2.50. The quantitative estimate of drug-likeness (QED) is 0.591. The molecular formula is C24H27F3N6. The van der Waals surface area contributed by atoms with Gasteiger partial charge in [-0.1, -0.05) is 18.2 Å². The maximum atomic E-state index is 14.7. The second-order valence-electron chi connectivity index (χ2n) is 8.87. The van der Waals surface area contributed by atoms with Crippen molar-refractivity contribution in [2.24, 2.45) is 0 Å². The second-order valence-corrected chi connectivity index (χ2v) is 8.87. The lowest BCUT2D eigenvalue weighted by Gasteiger charge is -2.38. The molecule has 2 aliphatic rings.